The van der Waals surface area contributed by atoms with Gasteiger partial charge in [-0.15, -0.1) is 0 Å². The number of anilines is 1. The van der Waals surface area contributed by atoms with Gasteiger partial charge in [-0.3, -0.25) is 0 Å². The number of methoxy groups -OCH3 is 1. The van der Waals surface area contributed by atoms with Gasteiger partial charge in [0.05, 0.1) is 7.11 Å². The molecule has 19 heavy (non-hydrogen) atoms. The number of phenols is 2. The average Bonchev–Trinajstić information content (AvgIpc) is 2.40. The molecule has 100 valence electrons. The van der Waals surface area contributed by atoms with Crippen LogP contribution in [0.3, 0.4) is 0 Å². The van der Waals surface area contributed by atoms with Crippen LogP contribution in [0.4, 0.5) is 10.1 Å². The second-order valence-corrected chi connectivity index (χ2v) is 4.03. The Labute approximate surface area is 110 Å². The van der Waals surface area contributed by atoms with Crippen molar-refractivity contribution in [1.82, 2.24) is 0 Å². The van der Waals surface area contributed by atoms with Crippen LogP contribution in [0.25, 0.3) is 0 Å². The van der Waals surface area contributed by atoms with Crippen molar-refractivity contribution in [2.24, 2.45) is 0 Å². The molecule has 0 aliphatic heterocycles. The fourth-order valence-corrected chi connectivity index (χ4v) is 1.66. The third kappa shape index (κ3) is 3.07. The Bertz CT molecular complexity index is 587. The van der Waals surface area contributed by atoms with Crippen molar-refractivity contribution in [3.63, 3.8) is 0 Å². The maximum atomic E-state index is 13.5. The molecule has 0 spiro atoms. The monoisotopic (exact) mass is 263 g/mol. The van der Waals surface area contributed by atoms with Crippen LogP contribution in [0.5, 0.6) is 17.2 Å². The van der Waals surface area contributed by atoms with E-state index in [4.69, 9.17) is 4.74 Å². The highest BCUT2D eigenvalue weighted by molar-refractivity contribution is 5.48. The Morgan fingerprint density at radius 2 is 1.89 bits per heavy atom. The molecular formula is C14H14FNO3. The zero-order chi connectivity index (χ0) is 13.8. The molecule has 0 saturated heterocycles. The van der Waals surface area contributed by atoms with E-state index in [9.17, 15) is 14.6 Å². The molecule has 0 fully saturated rings. The maximum Gasteiger partial charge on any atom is 0.167 e. The second-order valence-electron chi connectivity index (χ2n) is 4.03. The van der Waals surface area contributed by atoms with Gasteiger partial charge in [-0.05, 0) is 29.8 Å². The van der Waals surface area contributed by atoms with Gasteiger partial charge >= 0.3 is 0 Å². The standard InChI is InChI=1S/C14H14FNO3/c1-19-14-5-3-10(7-11(14)15)16-8-9-2-4-12(17)13(18)6-9/h2-7,16-18H,8H2,1H3. The van der Waals surface area contributed by atoms with E-state index in [1.54, 1.807) is 12.1 Å². The summed E-state index contributed by atoms with van der Waals surface area (Å²) in [7, 11) is 1.41. The molecule has 4 nitrogen and oxygen atoms in total. The van der Waals surface area contributed by atoms with Crippen LogP contribution >= 0.6 is 0 Å². The van der Waals surface area contributed by atoms with Crippen molar-refractivity contribution in [3.8, 4) is 17.2 Å². The molecule has 0 saturated carbocycles. The van der Waals surface area contributed by atoms with Gasteiger partial charge in [0.15, 0.2) is 23.1 Å². The minimum absolute atomic E-state index is 0.167. The van der Waals surface area contributed by atoms with Gasteiger partial charge < -0.3 is 20.3 Å². The number of hydrogen-bond donors (Lipinski definition) is 3. The highest BCUT2D eigenvalue weighted by atomic mass is 19.1. The number of ether oxygens (including phenoxy) is 1. The highest BCUT2D eigenvalue weighted by Gasteiger charge is 2.04. The maximum absolute atomic E-state index is 13.5. The van der Waals surface area contributed by atoms with Gasteiger partial charge in [0.25, 0.3) is 0 Å². The molecule has 0 atom stereocenters. The smallest absolute Gasteiger partial charge is 0.167 e. The summed E-state index contributed by atoms with van der Waals surface area (Å²) in [4.78, 5) is 0. The van der Waals surface area contributed by atoms with E-state index in [1.165, 1.54) is 31.4 Å². The third-order valence-electron chi connectivity index (χ3n) is 2.69. The van der Waals surface area contributed by atoms with Crippen LogP contribution in [0.1, 0.15) is 5.56 Å². The van der Waals surface area contributed by atoms with Gasteiger partial charge in [-0.1, -0.05) is 6.07 Å². The summed E-state index contributed by atoms with van der Waals surface area (Å²) < 4.78 is 18.3. The van der Waals surface area contributed by atoms with Crippen molar-refractivity contribution in [2.45, 2.75) is 6.54 Å². The quantitative estimate of drug-likeness (QED) is 0.742. The summed E-state index contributed by atoms with van der Waals surface area (Å²) in [5.41, 5.74) is 1.37. The molecule has 0 heterocycles. The lowest BCUT2D eigenvalue weighted by atomic mass is 10.2. The van der Waals surface area contributed by atoms with Crippen molar-refractivity contribution >= 4 is 5.69 Å². The van der Waals surface area contributed by atoms with Gasteiger partial charge in [-0.25, -0.2) is 4.39 Å². The molecular weight excluding hydrogens is 249 g/mol. The lowest BCUT2D eigenvalue weighted by molar-refractivity contribution is 0.386. The Morgan fingerprint density at radius 1 is 1.11 bits per heavy atom. The number of benzene rings is 2. The lowest BCUT2D eigenvalue weighted by Crippen LogP contribution is -2.00. The average molecular weight is 263 g/mol. The first kappa shape index (κ1) is 13.0. The number of hydrogen-bond acceptors (Lipinski definition) is 4. The minimum Gasteiger partial charge on any atom is -0.504 e. The number of aromatic hydroxyl groups is 2. The molecule has 0 unspecified atom stereocenters. The Balaban J connectivity index is 2.05. The predicted molar refractivity (Wildman–Crippen MR) is 70.1 cm³/mol. The van der Waals surface area contributed by atoms with Gasteiger partial charge in [0.1, 0.15) is 0 Å². The van der Waals surface area contributed by atoms with Crippen molar-refractivity contribution in [2.75, 3.05) is 12.4 Å². The van der Waals surface area contributed by atoms with Crippen LogP contribution in [0, 0.1) is 5.82 Å². The van der Waals surface area contributed by atoms with E-state index in [1.807, 2.05) is 0 Å². The number of nitrogens with one attached hydrogen (secondary N) is 1. The minimum atomic E-state index is -0.443. The molecule has 2 rings (SSSR count). The van der Waals surface area contributed by atoms with E-state index >= 15 is 0 Å². The number of rotatable bonds is 4. The van der Waals surface area contributed by atoms with E-state index < -0.39 is 5.82 Å². The summed E-state index contributed by atoms with van der Waals surface area (Å²) in [6.07, 6.45) is 0. The van der Waals surface area contributed by atoms with Crippen molar-refractivity contribution in [3.05, 3.63) is 47.8 Å². The molecule has 0 bridgehead atoms. The molecule has 2 aromatic rings. The number of halogens is 1. The Hall–Kier alpha value is -2.43. The predicted octanol–water partition coefficient (Wildman–Crippen LogP) is 2.86. The van der Waals surface area contributed by atoms with Crippen LogP contribution in [-0.2, 0) is 6.54 Å². The van der Waals surface area contributed by atoms with Crippen molar-refractivity contribution < 1.29 is 19.3 Å². The highest BCUT2D eigenvalue weighted by Crippen LogP contribution is 2.26. The van der Waals surface area contributed by atoms with Crippen LogP contribution in [0.2, 0.25) is 0 Å². The largest absolute Gasteiger partial charge is 0.504 e. The summed E-state index contributed by atoms with van der Waals surface area (Å²) in [5.74, 6) is -0.603. The van der Waals surface area contributed by atoms with Gasteiger partial charge in [0, 0.05) is 18.3 Å². The van der Waals surface area contributed by atoms with Crippen molar-refractivity contribution in [1.29, 1.82) is 0 Å². The molecule has 5 heteroatoms. The topological polar surface area (TPSA) is 61.7 Å². The normalized spacial score (nSPS) is 10.2. The first-order chi connectivity index (χ1) is 9.10. The molecule has 0 aliphatic carbocycles. The summed E-state index contributed by atoms with van der Waals surface area (Å²) >= 11 is 0. The van der Waals surface area contributed by atoms with Gasteiger partial charge in [-0.2, -0.15) is 0 Å². The zero-order valence-electron chi connectivity index (χ0n) is 10.4. The Morgan fingerprint density at radius 3 is 2.53 bits per heavy atom. The first-order valence-corrected chi connectivity index (χ1v) is 5.68. The molecule has 3 N–H and O–H groups in total. The van der Waals surface area contributed by atoms with Crippen LogP contribution < -0.4 is 10.1 Å². The van der Waals surface area contributed by atoms with E-state index in [2.05, 4.69) is 5.32 Å². The lowest BCUT2D eigenvalue weighted by Gasteiger charge is -2.09. The third-order valence-corrected chi connectivity index (χ3v) is 2.69. The number of phenolic OH excluding ortho intramolecular Hbond substituents is 2. The van der Waals surface area contributed by atoms with Gasteiger partial charge in [0.2, 0.25) is 0 Å². The summed E-state index contributed by atoms with van der Waals surface area (Å²) in [5, 5.41) is 21.6. The first-order valence-electron chi connectivity index (χ1n) is 5.68. The fourth-order valence-electron chi connectivity index (χ4n) is 1.66. The summed E-state index contributed by atoms with van der Waals surface area (Å²) in [6, 6.07) is 9.08. The Kier molecular flexibility index (Phi) is 3.75. The zero-order valence-corrected chi connectivity index (χ0v) is 10.4. The molecule has 0 amide bonds. The van der Waals surface area contributed by atoms with E-state index in [-0.39, 0.29) is 17.2 Å². The van der Waals surface area contributed by atoms with E-state index in [0.717, 1.165) is 5.56 Å². The van der Waals surface area contributed by atoms with E-state index in [0.29, 0.717) is 12.2 Å². The van der Waals surface area contributed by atoms with Crippen LogP contribution in [0.15, 0.2) is 36.4 Å². The second kappa shape index (κ2) is 5.48. The fraction of sp³-hybridized carbons (Fsp3) is 0.143. The molecule has 0 aromatic heterocycles. The molecule has 0 aliphatic rings. The summed E-state index contributed by atoms with van der Waals surface area (Å²) in [6.45, 7) is 0.402. The molecule has 2 aromatic carbocycles. The SMILES string of the molecule is COc1ccc(NCc2ccc(O)c(O)c2)cc1F. The molecule has 0 radical (unpaired) electrons. The van der Waals surface area contributed by atoms with Crippen LogP contribution in [-0.4, -0.2) is 17.3 Å².